The highest BCUT2D eigenvalue weighted by molar-refractivity contribution is 5.74. The van der Waals surface area contributed by atoms with E-state index in [0.717, 1.165) is 6.42 Å². The van der Waals surface area contributed by atoms with Crippen LogP contribution in [0.25, 0.3) is 0 Å². The SMILES string of the molecule is CC[C@H](C)Nc1nc(N)c([N+](=O)[O-])c(Nc2cccc(F)c2)n1. The second-order valence-electron chi connectivity index (χ2n) is 4.98. The Bertz CT molecular complexity index is 724. The average molecular weight is 320 g/mol. The fraction of sp³-hybridized carbons (Fsp3) is 0.286. The van der Waals surface area contributed by atoms with Crippen LogP contribution in [-0.2, 0) is 0 Å². The molecule has 0 unspecified atom stereocenters. The molecular weight excluding hydrogens is 303 g/mol. The topological polar surface area (TPSA) is 119 Å². The van der Waals surface area contributed by atoms with Gasteiger partial charge in [-0.25, -0.2) is 4.39 Å². The third kappa shape index (κ3) is 4.02. The largest absolute Gasteiger partial charge is 0.378 e. The minimum atomic E-state index is -0.677. The van der Waals surface area contributed by atoms with E-state index >= 15 is 0 Å². The van der Waals surface area contributed by atoms with Crippen molar-refractivity contribution in [1.29, 1.82) is 0 Å². The monoisotopic (exact) mass is 320 g/mol. The first-order valence-corrected chi connectivity index (χ1v) is 7.01. The lowest BCUT2D eigenvalue weighted by Crippen LogP contribution is -2.17. The molecule has 9 heteroatoms. The number of aromatic nitrogens is 2. The van der Waals surface area contributed by atoms with Crippen LogP contribution in [0.4, 0.5) is 33.3 Å². The zero-order valence-corrected chi connectivity index (χ0v) is 12.7. The highest BCUT2D eigenvalue weighted by Crippen LogP contribution is 2.31. The van der Waals surface area contributed by atoms with Crippen LogP contribution in [0.3, 0.4) is 0 Å². The lowest BCUT2D eigenvalue weighted by molar-refractivity contribution is -0.383. The lowest BCUT2D eigenvalue weighted by atomic mass is 10.3. The summed E-state index contributed by atoms with van der Waals surface area (Å²) < 4.78 is 13.3. The smallest absolute Gasteiger partial charge is 0.353 e. The number of hydrogen-bond donors (Lipinski definition) is 3. The highest BCUT2D eigenvalue weighted by atomic mass is 19.1. The minimum absolute atomic E-state index is 0.0675. The van der Waals surface area contributed by atoms with Gasteiger partial charge in [0, 0.05) is 11.7 Å². The summed E-state index contributed by atoms with van der Waals surface area (Å²) in [4.78, 5) is 18.5. The van der Waals surface area contributed by atoms with E-state index in [1.165, 1.54) is 18.2 Å². The summed E-state index contributed by atoms with van der Waals surface area (Å²) >= 11 is 0. The Labute approximate surface area is 132 Å². The second kappa shape index (κ2) is 6.86. The first kappa shape index (κ1) is 16.4. The zero-order chi connectivity index (χ0) is 17.0. The molecule has 1 aromatic carbocycles. The number of benzene rings is 1. The first-order chi connectivity index (χ1) is 10.9. The number of nitro groups is 1. The Balaban J connectivity index is 2.43. The maximum absolute atomic E-state index is 13.3. The maximum Gasteiger partial charge on any atom is 0.353 e. The minimum Gasteiger partial charge on any atom is -0.378 e. The van der Waals surface area contributed by atoms with E-state index < -0.39 is 16.4 Å². The molecule has 0 aliphatic rings. The molecule has 1 heterocycles. The number of nitrogens with one attached hydrogen (secondary N) is 2. The number of nitrogens with two attached hydrogens (primary N) is 1. The summed E-state index contributed by atoms with van der Waals surface area (Å²) in [5.74, 6) is -0.674. The van der Waals surface area contributed by atoms with E-state index in [2.05, 4.69) is 20.6 Å². The molecule has 8 nitrogen and oxygen atoms in total. The predicted molar refractivity (Wildman–Crippen MR) is 86.2 cm³/mol. The number of nitrogens with zero attached hydrogens (tertiary/aromatic N) is 3. The molecular formula is C14H17FN6O2. The summed E-state index contributed by atoms with van der Waals surface area (Å²) in [5.41, 5.74) is 5.54. The number of rotatable bonds is 6. The van der Waals surface area contributed by atoms with E-state index in [4.69, 9.17) is 5.73 Å². The summed E-state index contributed by atoms with van der Waals surface area (Å²) in [6.07, 6.45) is 0.812. The van der Waals surface area contributed by atoms with Crippen LogP contribution in [0.2, 0.25) is 0 Å². The molecule has 0 spiro atoms. The molecule has 2 rings (SSSR count). The van der Waals surface area contributed by atoms with Crippen molar-refractivity contribution in [1.82, 2.24) is 9.97 Å². The van der Waals surface area contributed by atoms with Gasteiger partial charge in [-0.2, -0.15) is 9.97 Å². The summed E-state index contributed by atoms with van der Waals surface area (Å²) in [6.45, 7) is 3.89. The van der Waals surface area contributed by atoms with Gasteiger partial charge in [0.1, 0.15) is 5.82 Å². The Hall–Kier alpha value is -2.97. The normalized spacial score (nSPS) is 11.8. The Kier molecular flexibility index (Phi) is 4.89. The van der Waals surface area contributed by atoms with Gasteiger partial charge in [0.05, 0.1) is 4.92 Å². The fourth-order valence-corrected chi connectivity index (χ4v) is 1.83. The average Bonchev–Trinajstić information content (AvgIpc) is 2.46. The van der Waals surface area contributed by atoms with Crippen molar-refractivity contribution in [3.63, 3.8) is 0 Å². The fourth-order valence-electron chi connectivity index (χ4n) is 1.83. The Morgan fingerprint density at radius 2 is 2.17 bits per heavy atom. The molecule has 0 saturated heterocycles. The van der Waals surface area contributed by atoms with E-state index in [0.29, 0.717) is 5.69 Å². The molecule has 0 bridgehead atoms. The van der Waals surface area contributed by atoms with Crippen molar-refractivity contribution in [2.24, 2.45) is 0 Å². The Morgan fingerprint density at radius 1 is 1.43 bits per heavy atom. The second-order valence-corrected chi connectivity index (χ2v) is 4.98. The van der Waals surface area contributed by atoms with Gasteiger partial charge in [-0.3, -0.25) is 10.1 Å². The van der Waals surface area contributed by atoms with Crippen LogP contribution < -0.4 is 16.4 Å². The van der Waals surface area contributed by atoms with Gasteiger partial charge in [-0.15, -0.1) is 0 Å². The van der Waals surface area contributed by atoms with Crippen LogP contribution in [0, 0.1) is 15.9 Å². The molecule has 2 aromatic rings. The molecule has 0 fully saturated rings. The third-order valence-corrected chi connectivity index (χ3v) is 3.17. The highest BCUT2D eigenvalue weighted by Gasteiger charge is 2.23. The van der Waals surface area contributed by atoms with Crippen molar-refractivity contribution in [2.45, 2.75) is 26.3 Å². The van der Waals surface area contributed by atoms with Gasteiger partial charge < -0.3 is 16.4 Å². The van der Waals surface area contributed by atoms with E-state index in [9.17, 15) is 14.5 Å². The first-order valence-electron chi connectivity index (χ1n) is 7.01. The third-order valence-electron chi connectivity index (χ3n) is 3.17. The van der Waals surface area contributed by atoms with Crippen molar-refractivity contribution in [2.75, 3.05) is 16.4 Å². The van der Waals surface area contributed by atoms with Crippen LogP contribution in [0.15, 0.2) is 24.3 Å². The van der Waals surface area contributed by atoms with Crippen LogP contribution in [0.1, 0.15) is 20.3 Å². The Morgan fingerprint density at radius 3 is 2.78 bits per heavy atom. The van der Waals surface area contributed by atoms with Crippen molar-refractivity contribution in [3.05, 3.63) is 40.2 Å². The van der Waals surface area contributed by atoms with Crippen molar-refractivity contribution >= 4 is 29.0 Å². The van der Waals surface area contributed by atoms with Gasteiger partial charge in [0.2, 0.25) is 17.6 Å². The summed E-state index contributed by atoms with van der Waals surface area (Å²) in [7, 11) is 0. The van der Waals surface area contributed by atoms with Gasteiger partial charge in [0.15, 0.2) is 0 Å². The van der Waals surface area contributed by atoms with Gasteiger partial charge >= 0.3 is 5.69 Å². The molecule has 122 valence electrons. The zero-order valence-electron chi connectivity index (χ0n) is 12.7. The molecule has 0 radical (unpaired) electrons. The summed E-state index contributed by atoms with van der Waals surface area (Å²) in [6, 6.07) is 5.57. The lowest BCUT2D eigenvalue weighted by Gasteiger charge is -2.13. The van der Waals surface area contributed by atoms with E-state index in [1.54, 1.807) is 6.07 Å². The van der Waals surface area contributed by atoms with Gasteiger partial charge in [0.25, 0.3) is 0 Å². The molecule has 4 N–H and O–H groups in total. The van der Waals surface area contributed by atoms with E-state index in [-0.39, 0.29) is 23.6 Å². The quantitative estimate of drug-likeness (QED) is 0.552. The van der Waals surface area contributed by atoms with Crippen LogP contribution >= 0.6 is 0 Å². The number of halogens is 1. The van der Waals surface area contributed by atoms with Crippen molar-refractivity contribution < 1.29 is 9.31 Å². The molecule has 23 heavy (non-hydrogen) atoms. The standard InChI is InChI=1S/C14H17FN6O2/c1-3-8(2)17-14-19-12(16)11(21(22)23)13(20-14)18-10-6-4-5-9(15)7-10/h4-8H,3H2,1-2H3,(H4,16,17,18,19,20)/t8-/m0/s1. The van der Waals surface area contributed by atoms with Crippen LogP contribution in [-0.4, -0.2) is 20.9 Å². The van der Waals surface area contributed by atoms with Crippen molar-refractivity contribution in [3.8, 4) is 0 Å². The maximum atomic E-state index is 13.3. The molecule has 0 aliphatic carbocycles. The number of nitrogen functional groups attached to an aromatic ring is 1. The molecule has 0 aliphatic heterocycles. The van der Waals surface area contributed by atoms with Gasteiger partial charge in [-0.05, 0) is 31.5 Å². The molecule has 1 atom stereocenters. The molecule has 0 saturated carbocycles. The van der Waals surface area contributed by atoms with Crippen LogP contribution in [0.5, 0.6) is 0 Å². The summed E-state index contributed by atoms with van der Waals surface area (Å²) in [5, 5.41) is 16.9. The van der Waals surface area contributed by atoms with Gasteiger partial charge in [-0.1, -0.05) is 13.0 Å². The number of hydrogen-bond acceptors (Lipinski definition) is 7. The number of anilines is 4. The molecule has 1 aromatic heterocycles. The van der Waals surface area contributed by atoms with E-state index in [1.807, 2.05) is 13.8 Å². The predicted octanol–water partition coefficient (Wildman–Crippen LogP) is 3.06. The molecule has 0 amide bonds.